The van der Waals surface area contributed by atoms with Crippen LogP contribution in [0.4, 0.5) is 0 Å². The fraction of sp³-hybridized carbons (Fsp3) is 0.929. The van der Waals surface area contributed by atoms with E-state index in [1.54, 1.807) is 0 Å². The molecule has 2 aliphatic rings. The molecule has 18 heavy (non-hydrogen) atoms. The summed E-state index contributed by atoms with van der Waals surface area (Å²) in [6.45, 7) is 4.04. The van der Waals surface area contributed by atoms with E-state index in [9.17, 15) is 4.79 Å². The number of likely N-dealkylation sites (N-methyl/N-ethyl adjacent to an activating group) is 2. The van der Waals surface area contributed by atoms with Gasteiger partial charge in [-0.2, -0.15) is 0 Å². The van der Waals surface area contributed by atoms with Gasteiger partial charge in [-0.15, -0.1) is 0 Å². The van der Waals surface area contributed by atoms with Crippen LogP contribution in [0.2, 0.25) is 0 Å². The highest BCUT2D eigenvalue weighted by molar-refractivity contribution is 5.83. The van der Waals surface area contributed by atoms with Crippen LogP contribution in [0.15, 0.2) is 0 Å². The second-order valence-electron chi connectivity index (χ2n) is 6.38. The molecule has 0 bridgehead atoms. The first kappa shape index (κ1) is 13.8. The molecule has 1 saturated carbocycles. The predicted octanol–water partition coefficient (Wildman–Crippen LogP) is 1.06. The van der Waals surface area contributed by atoms with Crippen molar-refractivity contribution in [1.29, 1.82) is 0 Å². The fourth-order valence-corrected chi connectivity index (χ4v) is 3.50. The molecule has 0 spiro atoms. The van der Waals surface area contributed by atoms with Gasteiger partial charge in [-0.3, -0.25) is 4.79 Å². The van der Waals surface area contributed by atoms with Crippen LogP contribution in [-0.2, 0) is 4.79 Å². The number of nitrogens with two attached hydrogens (primary N) is 1. The van der Waals surface area contributed by atoms with Crippen LogP contribution in [0.3, 0.4) is 0 Å². The highest BCUT2D eigenvalue weighted by Crippen LogP contribution is 2.38. The zero-order chi connectivity index (χ0) is 13.3. The Morgan fingerprint density at radius 2 is 2.17 bits per heavy atom. The second kappa shape index (κ2) is 5.17. The zero-order valence-electron chi connectivity index (χ0n) is 12.0. The van der Waals surface area contributed by atoms with Crippen molar-refractivity contribution in [3.05, 3.63) is 0 Å². The van der Waals surface area contributed by atoms with Crippen molar-refractivity contribution in [1.82, 2.24) is 9.80 Å². The summed E-state index contributed by atoms with van der Waals surface area (Å²) in [7, 11) is 4.09. The van der Waals surface area contributed by atoms with Crippen LogP contribution in [0.25, 0.3) is 0 Å². The van der Waals surface area contributed by atoms with Crippen molar-refractivity contribution < 1.29 is 4.79 Å². The highest BCUT2D eigenvalue weighted by atomic mass is 16.2. The third-order valence-electron chi connectivity index (χ3n) is 5.02. The standard InChI is InChI=1S/C14H27N3O/c1-14(8-4-7-12(14)15)13(18)17(3)10-11-6-5-9-16(11)2/h11-12H,4-10,15H2,1-3H3. The van der Waals surface area contributed by atoms with Gasteiger partial charge in [0.2, 0.25) is 5.91 Å². The minimum absolute atomic E-state index is 0.0359. The van der Waals surface area contributed by atoms with Crippen molar-refractivity contribution >= 4 is 5.91 Å². The maximum Gasteiger partial charge on any atom is 0.229 e. The van der Waals surface area contributed by atoms with Gasteiger partial charge in [-0.05, 0) is 46.2 Å². The van der Waals surface area contributed by atoms with Gasteiger partial charge >= 0.3 is 0 Å². The Morgan fingerprint density at radius 3 is 2.67 bits per heavy atom. The van der Waals surface area contributed by atoms with Gasteiger partial charge in [-0.1, -0.05) is 6.42 Å². The van der Waals surface area contributed by atoms with E-state index in [1.807, 2.05) is 18.9 Å². The number of likely N-dealkylation sites (tertiary alicyclic amines) is 1. The van der Waals surface area contributed by atoms with E-state index in [0.717, 1.165) is 32.4 Å². The van der Waals surface area contributed by atoms with Crippen LogP contribution >= 0.6 is 0 Å². The van der Waals surface area contributed by atoms with Crippen LogP contribution in [0.5, 0.6) is 0 Å². The molecule has 2 fully saturated rings. The van der Waals surface area contributed by atoms with Crippen LogP contribution < -0.4 is 5.73 Å². The largest absolute Gasteiger partial charge is 0.344 e. The Hall–Kier alpha value is -0.610. The summed E-state index contributed by atoms with van der Waals surface area (Å²) in [6.07, 6.45) is 5.47. The first-order chi connectivity index (χ1) is 8.45. The molecule has 4 heteroatoms. The third-order valence-corrected chi connectivity index (χ3v) is 5.02. The Balaban J connectivity index is 1.96. The van der Waals surface area contributed by atoms with Crippen LogP contribution in [-0.4, -0.2) is 55.0 Å². The lowest BCUT2D eigenvalue weighted by atomic mass is 9.83. The monoisotopic (exact) mass is 253 g/mol. The fourth-order valence-electron chi connectivity index (χ4n) is 3.50. The average Bonchev–Trinajstić information content (AvgIpc) is 2.87. The Labute approximate surface area is 110 Å². The SMILES string of the molecule is CN(CC1CCCN1C)C(=O)C1(C)CCCC1N. The van der Waals surface area contributed by atoms with Crippen LogP contribution in [0.1, 0.15) is 39.0 Å². The molecular weight excluding hydrogens is 226 g/mol. The number of nitrogens with zero attached hydrogens (tertiary/aromatic N) is 2. The molecule has 0 radical (unpaired) electrons. The molecule has 1 amide bonds. The topological polar surface area (TPSA) is 49.6 Å². The first-order valence-electron chi connectivity index (χ1n) is 7.16. The molecule has 0 aromatic carbocycles. The number of hydrogen-bond donors (Lipinski definition) is 1. The number of hydrogen-bond acceptors (Lipinski definition) is 3. The van der Waals surface area contributed by atoms with E-state index in [0.29, 0.717) is 6.04 Å². The highest BCUT2D eigenvalue weighted by Gasteiger charge is 2.44. The Kier molecular flexibility index (Phi) is 3.97. The molecule has 0 aromatic heterocycles. The van der Waals surface area contributed by atoms with E-state index >= 15 is 0 Å². The summed E-state index contributed by atoms with van der Waals surface area (Å²) >= 11 is 0. The summed E-state index contributed by atoms with van der Waals surface area (Å²) in [4.78, 5) is 16.9. The number of rotatable bonds is 3. The van der Waals surface area contributed by atoms with Gasteiger partial charge in [0.05, 0.1) is 5.41 Å². The van der Waals surface area contributed by atoms with Crippen molar-refractivity contribution in [2.45, 2.75) is 51.1 Å². The van der Waals surface area contributed by atoms with E-state index in [4.69, 9.17) is 5.73 Å². The number of amides is 1. The lowest BCUT2D eigenvalue weighted by molar-refractivity contribution is -0.140. The molecule has 104 valence electrons. The molecule has 1 saturated heterocycles. The molecule has 1 aliphatic heterocycles. The molecular formula is C14H27N3O. The molecule has 0 aromatic rings. The minimum atomic E-state index is -0.327. The summed E-state index contributed by atoms with van der Waals surface area (Å²) in [5.41, 5.74) is 5.80. The summed E-state index contributed by atoms with van der Waals surface area (Å²) in [5.74, 6) is 0.243. The maximum absolute atomic E-state index is 12.6. The average molecular weight is 253 g/mol. The van der Waals surface area contributed by atoms with Gasteiger partial charge < -0.3 is 15.5 Å². The van der Waals surface area contributed by atoms with E-state index in [1.165, 1.54) is 12.8 Å². The van der Waals surface area contributed by atoms with Gasteiger partial charge in [0, 0.05) is 25.7 Å². The van der Waals surface area contributed by atoms with Gasteiger partial charge in [-0.25, -0.2) is 0 Å². The van der Waals surface area contributed by atoms with E-state index in [2.05, 4.69) is 11.9 Å². The lowest BCUT2D eigenvalue weighted by Crippen LogP contribution is -2.50. The molecule has 2 rings (SSSR count). The van der Waals surface area contributed by atoms with E-state index < -0.39 is 0 Å². The second-order valence-corrected chi connectivity index (χ2v) is 6.38. The predicted molar refractivity (Wildman–Crippen MR) is 73.2 cm³/mol. The number of carbonyl (C=O) groups excluding carboxylic acids is 1. The zero-order valence-corrected chi connectivity index (χ0v) is 12.0. The Bertz CT molecular complexity index is 320. The molecule has 3 unspecified atom stereocenters. The summed E-state index contributed by atoms with van der Waals surface area (Å²) in [5, 5.41) is 0. The van der Waals surface area contributed by atoms with Crippen molar-refractivity contribution in [3.63, 3.8) is 0 Å². The smallest absolute Gasteiger partial charge is 0.229 e. The molecule has 2 N–H and O–H groups in total. The van der Waals surface area contributed by atoms with Crippen molar-refractivity contribution in [2.24, 2.45) is 11.1 Å². The molecule has 4 nitrogen and oxygen atoms in total. The summed E-state index contributed by atoms with van der Waals surface area (Å²) in [6, 6.07) is 0.564. The van der Waals surface area contributed by atoms with Crippen molar-refractivity contribution in [2.75, 3.05) is 27.2 Å². The maximum atomic E-state index is 12.6. The first-order valence-corrected chi connectivity index (χ1v) is 7.16. The number of carbonyl (C=O) groups is 1. The van der Waals surface area contributed by atoms with Crippen molar-refractivity contribution in [3.8, 4) is 0 Å². The van der Waals surface area contributed by atoms with Gasteiger partial charge in [0.25, 0.3) is 0 Å². The van der Waals surface area contributed by atoms with Gasteiger partial charge in [0.15, 0.2) is 0 Å². The third kappa shape index (κ3) is 2.41. The normalized spacial score (nSPS) is 37.1. The molecule has 1 heterocycles. The van der Waals surface area contributed by atoms with E-state index in [-0.39, 0.29) is 17.4 Å². The quantitative estimate of drug-likeness (QED) is 0.818. The lowest BCUT2D eigenvalue weighted by Gasteiger charge is -2.34. The minimum Gasteiger partial charge on any atom is -0.344 e. The van der Waals surface area contributed by atoms with Crippen LogP contribution in [0, 0.1) is 5.41 Å². The van der Waals surface area contributed by atoms with Gasteiger partial charge in [0.1, 0.15) is 0 Å². The molecule has 3 atom stereocenters. The molecule has 1 aliphatic carbocycles. The summed E-state index contributed by atoms with van der Waals surface area (Å²) < 4.78 is 0. The Morgan fingerprint density at radius 1 is 1.44 bits per heavy atom.